The maximum atomic E-state index is 11.7. The third-order valence-corrected chi connectivity index (χ3v) is 4.80. The van der Waals surface area contributed by atoms with Crippen LogP contribution in [0.3, 0.4) is 0 Å². The van der Waals surface area contributed by atoms with Crippen LogP contribution in [0.2, 0.25) is 0 Å². The normalized spacial score (nSPS) is 13.5. The molecule has 0 radical (unpaired) electrons. The molecular formula is C9H13NO5S2. The number of aliphatic hydroxyl groups excluding tert-OH is 1. The van der Waals surface area contributed by atoms with Crippen molar-refractivity contribution in [3.05, 3.63) is 17.0 Å². The predicted molar refractivity (Wildman–Crippen MR) is 62.5 cm³/mol. The molecule has 0 aromatic carbocycles. The Bertz CT molecular complexity index is 491. The van der Waals surface area contributed by atoms with Gasteiger partial charge in [0, 0.05) is 11.4 Å². The van der Waals surface area contributed by atoms with Gasteiger partial charge in [0.1, 0.15) is 4.21 Å². The monoisotopic (exact) mass is 279 g/mol. The van der Waals surface area contributed by atoms with Crippen molar-refractivity contribution in [1.29, 1.82) is 0 Å². The van der Waals surface area contributed by atoms with E-state index in [9.17, 15) is 13.2 Å². The Balaban J connectivity index is 2.78. The molecule has 3 N–H and O–H groups in total. The third kappa shape index (κ3) is 4.43. The van der Waals surface area contributed by atoms with Gasteiger partial charge in [-0.2, -0.15) is 0 Å². The van der Waals surface area contributed by atoms with Crippen LogP contribution in [0.1, 0.15) is 11.8 Å². The van der Waals surface area contributed by atoms with E-state index in [1.807, 2.05) is 0 Å². The minimum atomic E-state index is -3.65. The summed E-state index contributed by atoms with van der Waals surface area (Å²) in [7, 11) is -3.65. The van der Waals surface area contributed by atoms with Crippen LogP contribution in [0.25, 0.3) is 0 Å². The number of aliphatic hydroxyl groups is 1. The Morgan fingerprint density at radius 3 is 2.71 bits per heavy atom. The average Bonchev–Trinajstić information content (AvgIpc) is 2.63. The number of carboxylic acids is 1. The molecule has 1 aromatic heterocycles. The SMILES string of the molecule is C[C@H](O)CNS(=O)(=O)c1ccc(CC(=O)O)s1. The lowest BCUT2D eigenvalue weighted by Gasteiger charge is -2.05. The molecule has 1 heterocycles. The van der Waals surface area contributed by atoms with Gasteiger partial charge in [0.25, 0.3) is 0 Å². The maximum absolute atomic E-state index is 11.7. The number of sulfonamides is 1. The van der Waals surface area contributed by atoms with E-state index in [2.05, 4.69) is 4.72 Å². The van der Waals surface area contributed by atoms with E-state index in [1.54, 1.807) is 0 Å². The van der Waals surface area contributed by atoms with E-state index in [4.69, 9.17) is 10.2 Å². The third-order valence-electron chi connectivity index (χ3n) is 1.80. The Kier molecular flexibility index (Phi) is 4.63. The van der Waals surface area contributed by atoms with Crippen molar-refractivity contribution >= 4 is 27.3 Å². The fraction of sp³-hybridized carbons (Fsp3) is 0.444. The summed E-state index contributed by atoms with van der Waals surface area (Å²) in [4.78, 5) is 10.9. The molecule has 1 aromatic rings. The molecule has 0 aliphatic rings. The van der Waals surface area contributed by atoms with Gasteiger partial charge < -0.3 is 10.2 Å². The first kappa shape index (κ1) is 14.1. The van der Waals surface area contributed by atoms with E-state index in [0.29, 0.717) is 4.88 Å². The van der Waals surface area contributed by atoms with Gasteiger partial charge in [-0.3, -0.25) is 4.79 Å². The van der Waals surface area contributed by atoms with Crippen LogP contribution in [0.5, 0.6) is 0 Å². The molecule has 0 amide bonds. The van der Waals surface area contributed by atoms with Crippen molar-refractivity contribution in [1.82, 2.24) is 4.72 Å². The first-order valence-electron chi connectivity index (χ1n) is 4.79. The maximum Gasteiger partial charge on any atom is 0.308 e. The summed E-state index contributed by atoms with van der Waals surface area (Å²) in [6, 6.07) is 2.82. The van der Waals surface area contributed by atoms with Crippen LogP contribution in [-0.2, 0) is 21.2 Å². The molecule has 96 valence electrons. The Morgan fingerprint density at radius 1 is 1.53 bits per heavy atom. The number of hydrogen-bond donors (Lipinski definition) is 3. The van der Waals surface area contributed by atoms with Crippen LogP contribution in [0.4, 0.5) is 0 Å². The van der Waals surface area contributed by atoms with Gasteiger partial charge in [-0.05, 0) is 19.1 Å². The average molecular weight is 279 g/mol. The molecular weight excluding hydrogens is 266 g/mol. The second-order valence-corrected chi connectivity index (χ2v) is 6.65. The first-order chi connectivity index (χ1) is 7.81. The van der Waals surface area contributed by atoms with Gasteiger partial charge in [0.15, 0.2) is 0 Å². The molecule has 8 heteroatoms. The fourth-order valence-corrected chi connectivity index (χ4v) is 3.56. The van der Waals surface area contributed by atoms with Gasteiger partial charge in [-0.1, -0.05) is 0 Å². The molecule has 0 aliphatic heterocycles. The summed E-state index contributed by atoms with van der Waals surface area (Å²) in [5, 5.41) is 17.5. The standard InChI is InChI=1S/C9H13NO5S2/c1-6(11)5-10-17(14,15)9-3-2-7(16-9)4-8(12)13/h2-3,6,10-11H,4-5H2,1H3,(H,12,13)/t6-/m0/s1. The topological polar surface area (TPSA) is 104 Å². The van der Waals surface area contributed by atoms with Crippen molar-refractivity contribution in [3.8, 4) is 0 Å². The Hall–Kier alpha value is -0.960. The fourth-order valence-electron chi connectivity index (χ4n) is 1.05. The van der Waals surface area contributed by atoms with Crippen LogP contribution >= 0.6 is 11.3 Å². The Morgan fingerprint density at radius 2 is 2.18 bits per heavy atom. The van der Waals surface area contributed by atoms with Crippen LogP contribution < -0.4 is 4.72 Å². The molecule has 0 spiro atoms. The summed E-state index contributed by atoms with van der Waals surface area (Å²) in [6.07, 6.45) is -0.973. The second-order valence-electron chi connectivity index (χ2n) is 3.49. The highest BCUT2D eigenvalue weighted by molar-refractivity contribution is 7.91. The molecule has 0 saturated carbocycles. The van der Waals surface area contributed by atoms with E-state index in [1.165, 1.54) is 19.1 Å². The lowest BCUT2D eigenvalue weighted by atomic mass is 10.3. The highest BCUT2D eigenvalue weighted by atomic mass is 32.2. The molecule has 0 unspecified atom stereocenters. The number of thiophene rings is 1. The highest BCUT2D eigenvalue weighted by Gasteiger charge is 2.17. The summed E-state index contributed by atoms with van der Waals surface area (Å²) < 4.78 is 25.6. The van der Waals surface area contributed by atoms with E-state index in [0.717, 1.165) is 11.3 Å². The van der Waals surface area contributed by atoms with Gasteiger partial charge >= 0.3 is 5.97 Å². The van der Waals surface area contributed by atoms with E-state index < -0.39 is 22.1 Å². The second kappa shape index (κ2) is 5.58. The molecule has 0 aliphatic carbocycles. The number of carboxylic acid groups (broad SMARTS) is 1. The predicted octanol–water partition coefficient (Wildman–Crippen LogP) is 0.0343. The zero-order valence-electron chi connectivity index (χ0n) is 9.08. The minimum Gasteiger partial charge on any atom is -0.481 e. The minimum absolute atomic E-state index is 0.0504. The van der Waals surface area contributed by atoms with E-state index >= 15 is 0 Å². The highest BCUT2D eigenvalue weighted by Crippen LogP contribution is 2.21. The molecule has 0 saturated heterocycles. The number of hydrogen-bond acceptors (Lipinski definition) is 5. The van der Waals surface area contributed by atoms with Gasteiger partial charge in [-0.15, -0.1) is 11.3 Å². The lowest BCUT2D eigenvalue weighted by molar-refractivity contribution is -0.136. The van der Waals surface area contributed by atoms with Crippen LogP contribution in [0.15, 0.2) is 16.3 Å². The largest absolute Gasteiger partial charge is 0.481 e. The Labute approximate surface area is 103 Å². The van der Waals surface area contributed by atoms with Gasteiger partial charge in [0.2, 0.25) is 10.0 Å². The van der Waals surface area contributed by atoms with Crippen molar-refractivity contribution in [2.75, 3.05) is 6.54 Å². The zero-order chi connectivity index (χ0) is 13.1. The van der Waals surface area contributed by atoms with Crippen molar-refractivity contribution < 1.29 is 23.4 Å². The van der Waals surface area contributed by atoms with Gasteiger partial charge in [0.05, 0.1) is 12.5 Å². The smallest absolute Gasteiger partial charge is 0.308 e. The van der Waals surface area contributed by atoms with Gasteiger partial charge in [-0.25, -0.2) is 13.1 Å². The van der Waals surface area contributed by atoms with Crippen LogP contribution in [0, 0.1) is 0 Å². The molecule has 1 rings (SSSR count). The summed E-state index contributed by atoms with van der Waals surface area (Å²) in [5.41, 5.74) is 0. The first-order valence-corrected chi connectivity index (χ1v) is 7.09. The zero-order valence-corrected chi connectivity index (χ0v) is 10.7. The summed E-state index contributed by atoms with van der Waals surface area (Å²) in [6.45, 7) is 1.39. The number of nitrogens with one attached hydrogen (secondary N) is 1. The quantitative estimate of drug-likeness (QED) is 0.682. The van der Waals surface area contributed by atoms with Crippen molar-refractivity contribution in [2.45, 2.75) is 23.7 Å². The molecule has 6 nitrogen and oxygen atoms in total. The molecule has 0 bridgehead atoms. The van der Waals surface area contributed by atoms with Crippen molar-refractivity contribution in [2.24, 2.45) is 0 Å². The molecule has 17 heavy (non-hydrogen) atoms. The van der Waals surface area contributed by atoms with Crippen LogP contribution in [-0.4, -0.2) is 37.2 Å². The summed E-state index contributed by atoms with van der Waals surface area (Å²) >= 11 is 0.907. The number of aliphatic carboxylic acids is 1. The number of carbonyl (C=O) groups is 1. The number of rotatable bonds is 6. The van der Waals surface area contributed by atoms with E-state index in [-0.39, 0.29) is 17.2 Å². The molecule has 0 fully saturated rings. The lowest BCUT2D eigenvalue weighted by Crippen LogP contribution is -2.30. The molecule has 1 atom stereocenters. The summed E-state index contributed by atoms with van der Waals surface area (Å²) in [5.74, 6) is -1.01. The van der Waals surface area contributed by atoms with Crippen molar-refractivity contribution in [3.63, 3.8) is 0 Å².